The van der Waals surface area contributed by atoms with Crippen molar-refractivity contribution < 1.29 is 0 Å². The van der Waals surface area contributed by atoms with Gasteiger partial charge in [0.1, 0.15) is 0 Å². The van der Waals surface area contributed by atoms with Gasteiger partial charge in [-0.15, -0.1) is 10.2 Å². The van der Waals surface area contributed by atoms with Gasteiger partial charge in [0.2, 0.25) is 5.16 Å². The smallest absolute Gasteiger partial charge is 0.212 e. The Morgan fingerprint density at radius 1 is 1.26 bits per heavy atom. The molecule has 7 heteroatoms. The van der Waals surface area contributed by atoms with Gasteiger partial charge in [0.05, 0.1) is 5.71 Å². The summed E-state index contributed by atoms with van der Waals surface area (Å²) in [5.74, 6) is 1.72. The number of rotatable bonds is 6. The highest BCUT2D eigenvalue weighted by Gasteiger charge is 2.19. The molecule has 5 nitrogen and oxygen atoms in total. The van der Waals surface area contributed by atoms with Crippen molar-refractivity contribution in [3.05, 3.63) is 40.2 Å². The molecule has 0 saturated carbocycles. The summed E-state index contributed by atoms with van der Waals surface area (Å²) in [6, 6.07) is 6.03. The number of fused-ring (bicyclic) bond motifs is 1. The van der Waals surface area contributed by atoms with Crippen molar-refractivity contribution in [1.29, 1.82) is 0 Å². The maximum Gasteiger partial charge on any atom is 0.212 e. The van der Waals surface area contributed by atoms with Gasteiger partial charge < -0.3 is 5.73 Å². The molecule has 1 aromatic heterocycles. The van der Waals surface area contributed by atoms with Crippen molar-refractivity contribution in [1.82, 2.24) is 14.9 Å². The van der Waals surface area contributed by atoms with E-state index in [2.05, 4.69) is 16.3 Å². The van der Waals surface area contributed by atoms with Gasteiger partial charge in [-0.3, -0.25) is 0 Å². The molecule has 2 N–H and O–H groups in total. The van der Waals surface area contributed by atoms with Gasteiger partial charge in [-0.2, -0.15) is 9.78 Å². The summed E-state index contributed by atoms with van der Waals surface area (Å²) >= 11 is 7.78. The van der Waals surface area contributed by atoms with Crippen LogP contribution in [0.4, 0.5) is 0 Å². The molecule has 2 heterocycles. The minimum Gasteiger partial charge on any atom is -0.330 e. The van der Waals surface area contributed by atoms with Crippen LogP contribution in [0.15, 0.2) is 28.5 Å². The first-order chi connectivity index (χ1) is 11.2. The Kier molecular flexibility index (Phi) is 5.35. The molecule has 1 aliphatic rings. The standard InChI is InChI=1S/C16H20ClN5S/c1-11-9-12(6-7-13(11)17)14-10-23-16-20-19-15(22(16)21-14)5-3-2-4-8-18/h6-7,9H,2-5,8,10,18H2,1H3. The van der Waals surface area contributed by atoms with Crippen LogP contribution in [-0.2, 0) is 6.42 Å². The molecule has 0 atom stereocenters. The summed E-state index contributed by atoms with van der Waals surface area (Å²) in [6.07, 6.45) is 4.10. The average molecular weight is 350 g/mol. The Balaban J connectivity index is 1.81. The number of hydrogen-bond acceptors (Lipinski definition) is 5. The quantitative estimate of drug-likeness (QED) is 0.812. The van der Waals surface area contributed by atoms with Crippen LogP contribution >= 0.6 is 23.4 Å². The molecular formula is C16H20ClN5S. The second kappa shape index (κ2) is 7.47. The minimum absolute atomic E-state index is 0.742. The summed E-state index contributed by atoms with van der Waals surface area (Å²) in [6.45, 7) is 2.75. The first kappa shape index (κ1) is 16.5. The highest BCUT2D eigenvalue weighted by atomic mass is 35.5. The molecule has 0 saturated heterocycles. The molecule has 0 fully saturated rings. The zero-order valence-electron chi connectivity index (χ0n) is 13.1. The van der Waals surface area contributed by atoms with E-state index in [9.17, 15) is 0 Å². The van der Waals surface area contributed by atoms with Crippen LogP contribution in [0.5, 0.6) is 0 Å². The SMILES string of the molecule is Cc1cc(C2=Nn3c(CCCCCN)nnc3SC2)ccc1Cl. The number of unbranched alkanes of at least 4 members (excludes halogenated alkanes) is 2. The van der Waals surface area contributed by atoms with Crippen LogP contribution in [0, 0.1) is 6.92 Å². The maximum absolute atomic E-state index is 6.11. The predicted octanol–water partition coefficient (Wildman–Crippen LogP) is 3.27. The number of thioether (sulfide) groups is 1. The number of halogens is 1. The first-order valence-corrected chi connectivity index (χ1v) is 9.17. The monoisotopic (exact) mass is 349 g/mol. The lowest BCUT2D eigenvalue weighted by atomic mass is 10.1. The van der Waals surface area contributed by atoms with Gasteiger partial charge in [0.15, 0.2) is 5.82 Å². The lowest BCUT2D eigenvalue weighted by molar-refractivity contribution is 0.635. The first-order valence-electron chi connectivity index (χ1n) is 7.80. The number of aromatic nitrogens is 3. The highest BCUT2D eigenvalue weighted by Crippen LogP contribution is 2.26. The van der Waals surface area contributed by atoms with E-state index in [1.54, 1.807) is 11.8 Å². The van der Waals surface area contributed by atoms with Crippen LogP contribution < -0.4 is 5.73 Å². The molecule has 3 rings (SSSR count). The van der Waals surface area contributed by atoms with Crippen LogP contribution in [-0.4, -0.2) is 32.9 Å². The van der Waals surface area contributed by atoms with Gasteiger partial charge in [0.25, 0.3) is 0 Å². The van der Waals surface area contributed by atoms with Gasteiger partial charge in [0, 0.05) is 17.2 Å². The summed E-state index contributed by atoms with van der Waals surface area (Å²) < 4.78 is 1.88. The van der Waals surface area contributed by atoms with Gasteiger partial charge >= 0.3 is 0 Å². The Morgan fingerprint density at radius 2 is 2.13 bits per heavy atom. The van der Waals surface area contributed by atoms with Crippen LogP contribution in [0.25, 0.3) is 0 Å². The number of aryl methyl sites for hydroxylation is 2. The lowest BCUT2D eigenvalue weighted by Crippen LogP contribution is -2.15. The molecule has 1 aliphatic heterocycles. The summed E-state index contributed by atoms with van der Waals surface area (Å²) in [5.41, 5.74) is 8.74. The predicted molar refractivity (Wildman–Crippen MR) is 95.5 cm³/mol. The molecule has 122 valence electrons. The highest BCUT2D eigenvalue weighted by molar-refractivity contribution is 7.99. The van der Waals surface area contributed by atoms with Crippen molar-refractivity contribution >= 4 is 29.1 Å². The fraction of sp³-hybridized carbons (Fsp3) is 0.438. The molecule has 0 spiro atoms. The summed E-state index contributed by atoms with van der Waals surface area (Å²) in [5, 5.41) is 14.9. The average Bonchev–Trinajstić information content (AvgIpc) is 2.96. The molecule has 0 radical (unpaired) electrons. The largest absolute Gasteiger partial charge is 0.330 e. The third-order valence-electron chi connectivity index (χ3n) is 3.83. The normalized spacial score (nSPS) is 13.8. The van der Waals surface area contributed by atoms with Gasteiger partial charge in [-0.1, -0.05) is 35.9 Å². The maximum atomic E-state index is 6.11. The molecule has 0 amide bonds. The molecule has 0 bridgehead atoms. The van der Waals surface area contributed by atoms with Crippen molar-refractivity contribution in [2.24, 2.45) is 10.8 Å². The van der Waals surface area contributed by atoms with E-state index in [1.165, 1.54) is 0 Å². The number of nitrogens with zero attached hydrogens (tertiary/aromatic N) is 4. The van der Waals surface area contributed by atoms with E-state index < -0.39 is 0 Å². The van der Waals surface area contributed by atoms with E-state index in [0.717, 1.165) is 70.8 Å². The second-order valence-corrected chi connectivity index (χ2v) is 6.96. The zero-order chi connectivity index (χ0) is 16.2. The van der Waals surface area contributed by atoms with E-state index in [1.807, 2.05) is 23.7 Å². The minimum atomic E-state index is 0.742. The van der Waals surface area contributed by atoms with Crippen molar-refractivity contribution in [2.75, 3.05) is 12.3 Å². The van der Waals surface area contributed by atoms with Crippen molar-refractivity contribution in [2.45, 2.75) is 37.8 Å². The molecule has 0 unspecified atom stereocenters. The third kappa shape index (κ3) is 3.76. The topological polar surface area (TPSA) is 69.1 Å². The van der Waals surface area contributed by atoms with Crippen LogP contribution in [0.2, 0.25) is 5.02 Å². The van der Waals surface area contributed by atoms with E-state index in [-0.39, 0.29) is 0 Å². The molecular weight excluding hydrogens is 330 g/mol. The van der Waals surface area contributed by atoms with Crippen LogP contribution in [0.3, 0.4) is 0 Å². The van der Waals surface area contributed by atoms with E-state index in [4.69, 9.17) is 22.4 Å². The Labute approximate surface area is 145 Å². The molecule has 1 aromatic carbocycles. The zero-order valence-corrected chi connectivity index (χ0v) is 14.7. The fourth-order valence-corrected chi connectivity index (χ4v) is 3.47. The second-order valence-electron chi connectivity index (χ2n) is 5.61. The Morgan fingerprint density at radius 3 is 2.91 bits per heavy atom. The fourth-order valence-electron chi connectivity index (χ4n) is 2.49. The van der Waals surface area contributed by atoms with Crippen molar-refractivity contribution in [3.8, 4) is 0 Å². The van der Waals surface area contributed by atoms with E-state index in [0.29, 0.717) is 0 Å². The van der Waals surface area contributed by atoms with Gasteiger partial charge in [-0.05, 0) is 49.6 Å². The summed E-state index contributed by atoms with van der Waals surface area (Å²) in [7, 11) is 0. The lowest BCUT2D eigenvalue weighted by Gasteiger charge is -2.14. The van der Waals surface area contributed by atoms with Crippen molar-refractivity contribution in [3.63, 3.8) is 0 Å². The third-order valence-corrected chi connectivity index (χ3v) is 5.19. The number of nitrogens with two attached hydrogens (primary N) is 1. The number of benzene rings is 1. The molecule has 2 aromatic rings. The van der Waals surface area contributed by atoms with Crippen LogP contribution in [0.1, 0.15) is 36.2 Å². The molecule has 23 heavy (non-hydrogen) atoms. The summed E-state index contributed by atoms with van der Waals surface area (Å²) in [4.78, 5) is 0. The Hall–Kier alpha value is -1.37. The molecule has 0 aliphatic carbocycles. The van der Waals surface area contributed by atoms with Gasteiger partial charge in [-0.25, -0.2) is 0 Å². The Bertz CT molecular complexity index is 725. The number of hydrogen-bond donors (Lipinski definition) is 1. The van der Waals surface area contributed by atoms with E-state index >= 15 is 0 Å².